The molecule has 0 saturated carbocycles. The Balaban J connectivity index is 2.83. The van der Waals surface area contributed by atoms with Crippen LogP contribution in [0.5, 0.6) is 0 Å². The highest BCUT2D eigenvalue weighted by Gasteiger charge is 2.15. The smallest absolute Gasteiger partial charge is 0.0597 e. The van der Waals surface area contributed by atoms with E-state index in [-0.39, 0.29) is 0 Å². The largest absolute Gasteiger partial charge is 0.312 e. The van der Waals surface area contributed by atoms with Crippen molar-refractivity contribution in [3.8, 4) is 0 Å². The molecule has 0 aliphatic heterocycles. The van der Waals surface area contributed by atoms with Crippen molar-refractivity contribution in [1.82, 2.24) is 15.1 Å². The van der Waals surface area contributed by atoms with E-state index in [0.29, 0.717) is 12.0 Å². The second-order valence-electron chi connectivity index (χ2n) is 4.31. The van der Waals surface area contributed by atoms with Crippen LogP contribution in [-0.2, 0) is 7.05 Å². The van der Waals surface area contributed by atoms with Gasteiger partial charge in [-0.2, -0.15) is 5.10 Å². The van der Waals surface area contributed by atoms with Gasteiger partial charge in [-0.25, -0.2) is 0 Å². The van der Waals surface area contributed by atoms with E-state index >= 15 is 0 Å². The van der Waals surface area contributed by atoms with E-state index in [1.807, 2.05) is 25.7 Å². The van der Waals surface area contributed by atoms with Crippen molar-refractivity contribution in [3.63, 3.8) is 0 Å². The SMILES string of the molecule is CNC(CC(C)C)c1cc(C)nn1C. The first-order valence-corrected chi connectivity index (χ1v) is 5.22. The molecule has 1 rings (SSSR count). The summed E-state index contributed by atoms with van der Waals surface area (Å²) in [7, 11) is 4.02. The predicted molar refractivity (Wildman–Crippen MR) is 59.2 cm³/mol. The maximum atomic E-state index is 4.36. The van der Waals surface area contributed by atoms with Crippen LogP contribution in [0.15, 0.2) is 6.07 Å². The summed E-state index contributed by atoms with van der Waals surface area (Å²) in [5.74, 6) is 0.697. The van der Waals surface area contributed by atoms with E-state index in [9.17, 15) is 0 Å². The quantitative estimate of drug-likeness (QED) is 0.796. The van der Waals surface area contributed by atoms with Gasteiger partial charge in [0.05, 0.1) is 11.4 Å². The molecule has 1 heterocycles. The first-order valence-electron chi connectivity index (χ1n) is 5.22. The van der Waals surface area contributed by atoms with Crippen LogP contribution in [0.25, 0.3) is 0 Å². The minimum Gasteiger partial charge on any atom is -0.312 e. The molecular formula is C11H21N3. The number of hydrogen-bond donors (Lipinski definition) is 1. The lowest BCUT2D eigenvalue weighted by atomic mass is 10.0. The number of hydrogen-bond acceptors (Lipinski definition) is 2. The lowest BCUT2D eigenvalue weighted by Crippen LogP contribution is -2.21. The number of nitrogens with zero attached hydrogens (tertiary/aromatic N) is 2. The third kappa shape index (κ3) is 2.58. The summed E-state index contributed by atoms with van der Waals surface area (Å²) in [5.41, 5.74) is 2.37. The highest BCUT2D eigenvalue weighted by atomic mass is 15.3. The molecule has 80 valence electrons. The number of aromatic nitrogens is 2. The molecule has 0 aromatic carbocycles. The molecule has 3 nitrogen and oxygen atoms in total. The number of nitrogens with one attached hydrogen (secondary N) is 1. The lowest BCUT2D eigenvalue weighted by molar-refractivity contribution is 0.434. The Hall–Kier alpha value is -0.830. The molecule has 1 N–H and O–H groups in total. The van der Waals surface area contributed by atoms with Crippen LogP contribution in [0, 0.1) is 12.8 Å². The first-order chi connectivity index (χ1) is 6.54. The maximum absolute atomic E-state index is 4.36. The summed E-state index contributed by atoms with van der Waals surface area (Å²) < 4.78 is 1.97. The summed E-state index contributed by atoms with van der Waals surface area (Å²) in [6.07, 6.45) is 1.15. The van der Waals surface area contributed by atoms with Crippen molar-refractivity contribution in [2.24, 2.45) is 13.0 Å². The Bertz CT molecular complexity index is 289. The summed E-state index contributed by atoms with van der Waals surface area (Å²) in [6.45, 7) is 6.52. The molecule has 1 unspecified atom stereocenters. The average Bonchev–Trinajstić information content (AvgIpc) is 2.41. The van der Waals surface area contributed by atoms with Gasteiger partial charge in [-0.05, 0) is 32.4 Å². The van der Waals surface area contributed by atoms with E-state index < -0.39 is 0 Å². The summed E-state index contributed by atoms with van der Waals surface area (Å²) in [4.78, 5) is 0. The Morgan fingerprint density at radius 2 is 2.14 bits per heavy atom. The van der Waals surface area contributed by atoms with Crippen molar-refractivity contribution in [3.05, 3.63) is 17.5 Å². The van der Waals surface area contributed by atoms with Crippen LogP contribution < -0.4 is 5.32 Å². The number of aryl methyl sites for hydroxylation is 2. The number of rotatable bonds is 4. The van der Waals surface area contributed by atoms with E-state index in [4.69, 9.17) is 0 Å². The van der Waals surface area contributed by atoms with Crippen LogP contribution in [0.1, 0.15) is 37.7 Å². The van der Waals surface area contributed by atoms with Gasteiger partial charge in [-0.15, -0.1) is 0 Å². The highest BCUT2D eigenvalue weighted by Crippen LogP contribution is 2.20. The molecule has 1 atom stereocenters. The van der Waals surface area contributed by atoms with Crippen LogP contribution in [-0.4, -0.2) is 16.8 Å². The minimum atomic E-state index is 0.418. The van der Waals surface area contributed by atoms with Gasteiger partial charge in [0.1, 0.15) is 0 Å². The monoisotopic (exact) mass is 195 g/mol. The zero-order valence-electron chi connectivity index (χ0n) is 9.83. The summed E-state index contributed by atoms with van der Waals surface area (Å²) in [5, 5.41) is 7.71. The van der Waals surface area contributed by atoms with Gasteiger partial charge >= 0.3 is 0 Å². The maximum Gasteiger partial charge on any atom is 0.0597 e. The third-order valence-electron chi connectivity index (χ3n) is 2.45. The molecule has 0 amide bonds. The molecule has 0 aliphatic carbocycles. The molecule has 14 heavy (non-hydrogen) atoms. The fourth-order valence-corrected chi connectivity index (χ4v) is 1.81. The summed E-state index contributed by atoms with van der Waals surface area (Å²) in [6, 6.07) is 2.57. The van der Waals surface area contributed by atoms with Crippen molar-refractivity contribution in [2.75, 3.05) is 7.05 Å². The molecule has 0 spiro atoms. The summed E-state index contributed by atoms with van der Waals surface area (Å²) >= 11 is 0. The van der Waals surface area contributed by atoms with Gasteiger partial charge in [0, 0.05) is 13.1 Å². The Labute approximate surface area is 86.5 Å². The topological polar surface area (TPSA) is 29.9 Å². The lowest BCUT2D eigenvalue weighted by Gasteiger charge is -2.18. The fourth-order valence-electron chi connectivity index (χ4n) is 1.81. The second-order valence-corrected chi connectivity index (χ2v) is 4.31. The first kappa shape index (κ1) is 11.2. The van der Waals surface area contributed by atoms with Crippen molar-refractivity contribution in [2.45, 2.75) is 33.2 Å². The minimum absolute atomic E-state index is 0.418. The van der Waals surface area contributed by atoms with Gasteiger partial charge in [0.2, 0.25) is 0 Å². The zero-order chi connectivity index (χ0) is 10.7. The van der Waals surface area contributed by atoms with Gasteiger partial charge in [-0.1, -0.05) is 13.8 Å². The van der Waals surface area contributed by atoms with Crippen molar-refractivity contribution >= 4 is 0 Å². The molecule has 0 aliphatic rings. The Kier molecular flexibility index (Phi) is 3.69. The molecule has 0 bridgehead atoms. The van der Waals surface area contributed by atoms with Crippen LogP contribution in [0.4, 0.5) is 0 Å². The van der Waals surface area contributed by atoms with Crippen LogP contribution in [0.2, 0.25) is 0 Å². The van der Waals surface area contributed by atoms with E-state index in [0.717, 1.165) is 12.1 Å². The van der Waals surface area contributed by atoms with Crippen molar-refractivity contribution < 1.29 is 0 Å². The van der Waals surface area contributed by atoms with E-state index in [1.165, 1.54) is 5.69 Å². The van der Waals surface area contributed by atoms with E-state index in [2.05, 4.69) is 30.3 Å². The third-order valence-corrected chi connectivity index (χ3v) is 2.45. The zero-order valence-corrected chi connectivity index (χ0v) is 9.83. The Morgan fingerprint density at radius 1 is 1.50 bits per heavy atom. The predicted octanol–water partition coefficient (Wildman–Crippen LogP) is 2.04. The van der Waals surface area contributed by atoms with Crippen LogP contribution in [0.3, 0.4) is 0 Å². The molecular weight excluding hydrogens is 174 g/mol. The molecule has 0 fully saturated rings. The van der Waals surface area contributed by atoms with Crippen molar-refractivity contribution in [1.29, 1.82) is 0 Å². The standard InChI is InChI=1S/C11H21N3/c1-8(2)6-10(12-4)11-7-9(3)13-14(11)5/h7-8,10,12H,6H2,1-5H3. The van der Waals surface area contributed by atoms with Gasteiger partial charge in [0.15, 0.2) is 0 Å². The van der Waals surface area contributed by atoms with Crippen LogP contribution >= 0.6 is 0 Å². The van der Waals surface area contributed by atoms with Gasteiger partial charge < -0.3 is 5.32 Å². The molecule has 0 radical (unpaired) electrons. The average molecular weight is 195 g/mol. The molecule has 1 aromatic heterocycles. The van der Waals surface area contributed by atoms with E-state index in [1.54, 1.807) is 0 Å². The van der Waals surface area contributed by atoms with Gasteiger partial charge in [0.25, 0.3) is 0 Å². The second kappa shape index (κ2) is 4.60. The molecule has 3 heteroatoms. The Morgan fingerprint density at radius 3 is 2.50 bits per heavy atom. The normalized spacial score (nSPS) is 13.6. The van der Waals surface area contributed by atoms with Gasteiger partial charge in [-0.3, -0.25) is 4.68 Å². The molecule has 1 aromatic rings. The molecule has 0 saturated heterocycles. The highest BCUT2D eigenvalue weighted by molar-refractivity contribution is 5.12. The fraction of sp³-hybridized carbons (Fsp3) is 0.727.